The first-order chi connectivity index (χ1) is 11.8. The monoisotopic (exact) mass is 330 g/mol. The minimum atomic E-state index is 0.658. The van der Waals surface area contributed by atoms with Crippen molar-refractivity contribution in [1.82, 2.24) is 0 Å². The van der Waals surface area contributed by atoms with Gasteiger partial charge in [0.25, 0.3) is 0 Å². The second-order valence-electron chi connectivity index (χ2n) is 7.02. The Morgan fingerprint density at radius 2 is 1.62 bits per heavy atom. The quantitative estimate of drug-likeness (QED) is 0.318. The molecule has 0 N–H and O–H groups in total. The lowest BCUT2D eigenvalue weighted by Gasteiger charge is -2.07. The van der Waals surface area contributed by atoms with Crippen molar-refractivity contribution in [3.05, 3.63) is 35.9 Å². The van der Waals surface area contributed by atoms with E-state index in [4.69, 9.17) is 4.74 Å². The number of allylic oxidation sites excluding steroid dienone is 1. The summed E-state index contributed by atoms with van der Waals surface area (Å²) < 4.78 is 5.78. The van der Waals surface area contributed by atoms with Crippen molar-refractivity contribution in [3.8, 4) is 5.75 Å². The van der Waals surface area contributed by atoms with E-state index >= 15 is 0 Å². The van der Waals surface area contributed by atoms with Crippen LogP contribution in [0.3, 0.4) is 0 Å². The van der Waals surface area contributed by atoms with Crippen LogP contribution in [0.15, 0.2) is 30.3 Å². The summed E-state index contributed by atoms with van der Waals surface area (Å²) in [6.07, 6.45) is 17.9. The molecular weight excluding hydrogens is 292 g/mol. The molecule has 0 radical (unpaired) electrons. The molecule has 0 spiro atoms. The van der Waals surface area contributed by atoms with E-state index in [2.05, 4.69) is 57.2 Å². The van der Waals surface area contributed by atoms with Gasteiger partial charge in [0, 0.05) is 0 Å². The molecule has 1 aromatic carbocycles. The van der Waals surface area contributed by atoms with Crippen molar-refractivity contribution >= 4 is 6.08 Å². The molecule has 24 heavy (non-hydrogen) atoms. The Labute approximate surface area is 150 Å². The highest BCUT2D eigenvalue weighted by molar-refractivity contribution is 5.51. The normalized spacial score (nSPS) is 12.6. The van der Waals surface area contributed by atoms with Crippen molar-refractivity contribution in [3.63, 3.8) is 0 Å². The molecule has 0 aromatic heterocycles. The fraction of sp³-hybridized carbons (Fsp3) is 0.652. The van der Waals surface area contributed by atoms with Crippen LogP contribution in [0.25, 0.3) is 6.08 Å². The summed E-state index contributed by atoms with van der Waals surface area (Å²) in [4.78, 5) is 0. The molecule has 0 saturated carbocycles. The van der Waals surface area contributed by atoms with Gasteiger partial charge in [0.15, 0.2) is 0 Å². The van der Waals surface area contributed by atoms with Crippen molar-refractivity contribution in [2.45, 2.75) is 85.0 Å². The number of hydrogen-bond donors (Lipinski definition) is 0. The van der Waals surface area contributed by atoms with E-state index < -0.39 is 0 Å². The number of rotatable bonds is 14. The van der Waals surface area contributed by atoms with Crippen LogP contribution in [-0.4, -0.2) is 6.61 Å². The molecule has 1 rings (SSSR count). The van der Waals surface area contributed by atoms with E-state index in [1.165, 1.54) is 63.4 Å². The Morgan fingerprint density at radius 1 is 0.917 bits per heavy atom. The molecule has 1 atom stereocenters. The Kier molecular flexibility index (Phi) is 12.3. The summed E-state index contributed by atoms with van der Waals surface area (Å²) in [5.74, 6) is 1.65. The summed E-state index contributed by atoms with van der Waals surface area (Å²) in [5.41, 5.74) is 1.25. The molecule has 0 aliphatic carbocycles. The number of benzene rings is 1. The van der Waals surface area contributed by atoms with Crippen molar-refractivity contribution < 1.29 is 4.74 Å². The predicted molar refractivity (Wildman–Crippen MR) is 108 cm³/mol. The van der Waals surface area contributed by atoms with Gasteiger partial charge in [0.1, 0.15) is 5.75 Å². The summed E-state index contributed by atoms with van der Waals surface area (Å²) >= 11 is 0. The minimum Gasteiger partial charge on any atom is -0.494 e. The molecule has 0 fully saturated rings. The average Bonchev–Trinajstić information content (AvgIpc) is 2.60. The maximum absolute atomic E-state index is 5.78. The molecule has 0 amide bonds. The van der Waals surface area contributed by atoms with Gasteiger partial charge in [-0.3, -0.25) is 0 Å². The summed E-state index contributed by atoms with van der Waals surface area (Å²) in [5, 5.41) is 0. The number of unbranched alkanes of at least 4 members (excludes halogenated alkanes) is 7. The van der Waals surface area contributed by atoms with Crippen LogP contribution in [0.1, 0.15) is 90.5 Å². The van der Waals surface area contributed by atoms with E-state index in [0.717, 1.165) is 18.8 Å². The highest BCUT2D eigenvalue weighted by atomic mass is 16.5. The topological polar surface area (TPSA) is 9.23 Å². The third-order valence-electron chi connectivity index (χ3n) is 4.50. The molecule has 0 aliphatic rings. The van der Waals surface area contributed by atoms with Gasteiger partial charge >= 0.3 is 0 Å². The van der Waals surface area contributed by atoms with Crippen LogP contribution in [0.2, 0.25) is 0 Å². The van der Waals surface area contributed by atoms with Gasteiger partial charge < -0.3 is 4.74 Å². The van der Waals surface area contributed by atoms with Crippen LogP contribution < -0.4 is 4.74 Å². The third-order valence-corrected chi connectivity index (χ3v) is 4.50. The van der Waals surface area contributed by atoms with Crippen LogP contribution in [0, 0.1) is 5.92 Å². The van der Waals surface area contributed by atoms with E-state index in [-0.39, 0.29) is 0 Å². The lowest BCUT2D eigenvalue weighted by molar-refractivity contribution is 0.309. The highest BCUT2D eigenvalue weighted by Gasteiger charge is 1.99. The smallest absolute Gasteiger partial charge is 0.119 e. The maximum Gasteiger partial charge on any atom is 0.119 e. The lowest BCUT2D eigenvalue weighted by Crippen LogP contribution is -1.96. The van der Waals surface area contributed by atoms with Gasteiger partial charge in [0.05, 0.1) is 6.61 Å². The van der Waals surface area contributed by atoms with E-state index in [0.29, 0.717) is 5.92 Å². The van der Waals surface area contributed by atoms with Crippen molar-refractivity contribution in [1.29, 1.82) is 0 Å². The number of ether oxygens (including phenoxy) is 1. The molecule has 0 bridgehead atoms. The second kappa shape index (κ2) is 14.1. The Morgan fingerprint density at radius 3 is 2.38 bits per heavy atom. The molecule has 1 aromatic rings. The zero-order valence-corrected chi connectivity index (χ0v) is 16.2. The highest BCUT2D eigenvalue weighted by Crippen LogP contribution is 2.18. The van der Waals surface area contributed by atoms with Crippen LogP contribution in [0.4, 0.5) is 0 Å². The standard InChI is InChI=1S/C23H38O/c1-4-6-8-9-10-11-12-14-21(3)17-18-22-15-13-16-23(20-22)24-19-7-5-2/h13,15-18,20-21H,4-12,14,19H2,1-3H3/b18-17+. The molecular formula is C23H38O. The molecule has 0 heterocycles. The molecule has 0 aliphatic heterocycles. The average molecular weight is 331 g/mol. The molecule has 1 unspecified atom stereocenters. The van der Waals surface area contributed by atoms with E-state index in [1.807, 2.05) is 0 Å². The summed E-state index contributed by atoms with van der Waals surface area (Å²) in [7, 11) is 0. The fourth-order valence-electron chi connectivity index (χ4n) is 2.84. The second-order valence-corrected chi connectivity index (χ2v) is 7.02. The first-order valence-corrected chi connectivity index (χ1v) is 10.2. The van der Waals surface area contributed by atoms with Crippen molar-refractivity contribution in [2.75, 3.05) is 6.61 Å². The number of hydrogen-bond acceptors (Lipinski definition) is 1. The Hall–Kier alpha value is -1.24. The van der Waals surface area contributed by atoms with Gasteiger partial charge in [0.2, 0.25) is 0 Å². The zero-order chi connectivity index (χ0) is 17.5. The van der Waals surface area contributed by atoms with E-state index in [9.17, 15) is 0 Å². The summed E-state index contributed by atoms with van der Waals surface area (Å²) in [6, 6.07) is 8.44. The van der Waals surface area contributed by atoms with Gasteiger partial charge in [-0.15, -0.1) is 0 Å². The SMILES string of the molecule is CCCCCCCCCC(C)/C=C/c1cccc(OCCCC)c1. The third kappa shape index (κ3) is 10.5. The largest absolute Gasteiger partial charge is 0.494 e. The molecule has 1 heteroatoms. The lowest BCUT2D eigenvalue weighted by atomic mass is 10.0. The Bertz CT molecular complexity index is 435. The first kappa shape index (κ1) is 20.8. The first-order valence-electron chi connectivity index (χ1n) is 10.2. The van der Waals surface area contributed by atoms with Crippen LogP contribution in [-0.2, 0) is 0 Å². The van der Waals surface area contributed by atoms with Crippen LogP contribution >= 0.6 is 0 Å². The van der Waals surface area contributed by atoms with Gasteiger partial charge in [-0.25, -0.2) is 0 Å². The van der Waals surface area contributed by atoms with Crippen molar-refractivity contribution in [2.24, 2.45) is 5.92 Å². The van der Waals surface area contributed by atoms with Gasteiger partial charge in [-0.2, -0.15) is 0 Å². The fourth-order valence-corrected chi connectivity index (χ4v) is 2.84. The minimum absolute atomic E-state index is 0.658. The summed E-state index contributed by atoms with van der Waals surface area (Å²) in [6.45, 7) is 7.61. The van der Waals surface area contributed by atoms with Gasteiger partial charge in [-0.1, -0.05) is 96.4 Å². The molecule has 0 saturated heterocycles. The maximum atomic E-state index is 5.78. The molecule has 136 valence electrons. The van der Waals surface area contributed by atoms with Gasteiger partial charge in [-0.05, 0) is 36.5 Å². The van der Waals surface area contributed by atoms with Crippen LogP contribution in [0.5, 0.6) is 5.75 Å². The van der Waals surface area contributed by atoms with E-state index in [1.54, 1.807) is 0 Å². The zero-order valence-electron chi connectivity index (χ0n) is 16.2. The predicted octanol–water partition coefficient (Wildman–Crippen LogP) is 7.66. The Balaban J connectivity index is 2.23. The molecule has 1 nitrogen and oxygen atoms in total.